The summed E-state index contributed by atoms with van der Waals surface area (Å²) in [5, 5.41) is 9.80. The molecule has 14 heavy (non-hydrogen) atoms. The Morgan fingerprint density at radius 3 is 2.29 bits per heavy atom. The monoisotopic (exact) mass is 194 g/mol. The minimum Gasteiger partial charge on any atom is -0.390 e. The quantitative estimate of drug-likeness (QED) is 0.526. The van der Waals surface area contributed by atoms with E-state index in [1.54, 1.807) is 0 Å². The van der Waals surface area contributed by atoms with E-state index >= 15 is 0 Å². The Morgan fingerprint density at radius 1 is 1.14 bits per heavy atom. The van der Waals surface area contributed by atoms with Crippen molar-refractivity contribution in [2.75, 3.05) is 0 Å². The van der Waals surface area contributed by atoms with Crippen molar-refractivity contribution in [3.8, 4) is 11.8 Å². The van der Waals surface area contributed by atoms with Crippen LogP contribution < -0.4 is 0 Å². The molecule has 0 heterocycles. The molecule has 1 heteroatoms. The maximum absolute atomic E-state index is 9.80. The van der Waals surface area contributed by atoms with Crippen molar-refractivity contribution >= 4 is 0 Å². The molecule has 0 aromatic rings. The Hall–Kier alpha value is -0.480. The Morgan fingerprint density at radius 2 is 1.79 bits per heavy atom. The molecule has 0 unspecified atom stereocenters. The highest BCUT2D eigenvalue weighted by molar-refractivity contribution is 4.99. The van der Waals surface area contributed by atoms with Gasteiger partial charge in [-0.25, -0.2) is 0 Å². The van der Waals surface area contributed by atoms with E-state index in [1.807, 2.05) is 0 Å². The van der Waals surface area contributed by atoms with Crippen LogP contribution in [0, 0.1) is 11.8 Å². The van der Waals surface area contributed by atoms with Gasteiger partial charge in [0, 0.05) is 12.8 Å². The number of aliphatic hydroxyl groups is 1. The topological polar surface area (TPSA) is 20.2 Å². The highest BCUT2D eigenvalue weighted by atomic mass is 16.3. The smallest absolute Gasteiger partial charge is 0.0648 e. The summed E-state index contributed by atoms with van der Waals surface area (Å²) in [5.41, 5.74) is -0.300. The van der Waals surface area contributed by atoms with Crippen molar-refractivity contribution in [1.29, 1.82) is 0 Å². The molecule has 0 aromatic carbocycles. The molecule has 1 aliphatic carbocycles. The fourth-order valence-electron chi connectivity index (χ4n) is 1.78. The largest absolute Gasteiger partial charge is 0.390 e. The third kappa shape index (κ3) is 4.15. The second-order valence-corrected chi connectivity index (χ2v) is 4.39. The molecule has 1 saturated carbocycles. The molecule has 80 valence electrons. The van der Waals surface area contributed by atoms with Crippen LogP contribution in [0.4, 0.5) is 0 Å². The maximum Gasteiger partial charge on any atom is 0.0648 e. The van der Waals surface area contributed by atoms with E-state index in [-0.39, 0.29) is 5.60 Å². The molecule has 1 N–H and O–H groups in total. The predicted octanol–water partition coefficient (Wildman–Crippen LogP) is 3.27. The van der Waals surface area contributed by atoms with Crippen LogP contribution in [0.15, 0.2) is 0 Å². The number of hydrogen-bond donors (Lipinski definition) is 1. The van der Waals surface area contributed by atoms with Gasteiger partial charge in [-0.1, -0.05) is 13.3 Å². The first kappa shape index (κ1) is 11.6. The van der Waals surface area contributed by atoms with Crippen LogP contribution in [-0.2, 0) is 0 Å². The lowest BCUT2D eigenvalue weighted by atomic mass is 9.77. The van der Waals surface area contributed by atoms with Crippen LogP contribution in [0.1, 0.15) is 64.7 Å². The standard InChI is InChI=1S/C13H22O/c1-2-3-4-5-6-7-8-10-13(14)11-9-12-13/h14H,2-4,7-12H2,1H3. The van der Waals surface area contributed by atoms with Gasteiger partial charge in [-0.3, -0.25) is 0 Å². The summed E-state index contributed by atoms with van der Waals surface area (Å²) in [4.78, 5) is 0. The minimum atomic E-state index is -0.300. The third-order valence-corrected chi connectivity index (χ3v) is 3.01. The average molecular weight is 194 g/mol. The second kappa shape index (κ2) is 6.09. The van der Waals surface area contributed by atoms with Gasteiger partial charge in [-0.15, -0.1) is 11.8 Å². The molecular formula is C13H22O. The minimum absolute atomic E-state index is 0.300. The molecule has 1 aliphatic rings. The molecule has 1 nitrogen and oxygen atoms in total. The number of hydrogen-bond acceptors (Lipinski definition) is 1. The normalized spacial score (nSPS) is 18.1. The van der Waals surface area contributed by atoms with E-state index in [9.17, 15) is 5.11 Å². The summed E-state index contributed by atoms with van der Waals surface area (Å²) in [7, 11) is 0. The van der Waals surface area contributed by atoms with Gasteiger partial charge in [0.25, 0.3) is 0 Å². The summed E-state index contributed by atoms with van der Waals surface area (Å²) in [6.07, 6.45) is 9.70. The molecule has 0 amide bonds. The molecule has 0 aliphatic heterocycles. The van der Waals surface area contributed by atoms with Crippen molar-refractivity contribution in [1.82, 2.24) is 0 Å². The number of unbranched alkanes of at least 4 members (excludes halogenated alkanes) is 3. The van der Waals surface area contributed by atoms with E-state index in [2.05, 4.69) is 18.8 Å². The lowest BCUT2D eigenvalue weighted by molar-refractivity contribution is -0.0412. The van der Waals surface area contributed by atoms with Crippen molar-refractivity contribution in [3.05, 3.63) is 0 Å². The van der Waals surface area contributed by atoms with Crippen LogP contribution in [-0.4, -0.2) is 10.7 Å². The SMILES string of the molecule is CCCCC#CCCCC1(O)CCC1. The van der Waals surface area contributed by atoms with Crippen LogP contribution in [0.5, 0.6) is 0 Å². The van der Waals surface area contributed by atoms with E-state index in [1.165, 1.54) is 19.3 Å². The van der Waals surface area contributed by atoms with Crippen LogP contribution in [0.2, 0.25) is 0 Å². The van der Waals surface area contributed by atoms with Crippen molar-refractivity contribution in [2.24, 2.45) is 0 Å². The second-order valence-electron chi connectivity index (χ2n) is 4.39. The molecule has 0 saturated heterocycles. The van der Waals surface area contributed by atoms with Gasteiger partial charge in [-0.05, 0) is 38.5 Å². The Balaban J connectivity index is 1.95. The van der Waals surface area contributed by atoms with Crippen molar-refractivity contribution in [2.45, 2.75) is 70.3 Å². The maximum atomic E-state index is 9.80. The molecule has 0 atom stereocenters. The molecular weight excluding hydrogens is 172 g/mol. The Bertz CT molecular complexity index is 205. The predicted molar refractivity (Wildman–Crippen MR) is 60.0 cm³/mol. The molecule has 0 aromatic heterocycles. The Kier molecular flexibility index (Phi) is 5.04. The Labute approximate surface area is 87.9 Å². The lowest BCUT2D eigenvalue weighted by Gasteiger charge is -2.36. The van der Waals surface area contributed by atoms with E-state index in [0.29, 0.717) is 0 Å². The molecule has 1 fully saturated rings. The highest BCUT2D eigenvalue weighted by Crippen LogP contribution is 2.35. The van der Waals surface area contributed by atoms with Gasteiger partial charge in [0.05, 0.1) is 5.60 Å². The molecule has 0 radical (unpaired) electrons. The van der Waals surface area contributed by atoms with E-state index in [0.717, 1.165) is 38.5 Å². The van der Waals surface area contributed by atoms with E-state index in [4.69, 9.17) is 0 Å². The fraction of sp³-hybridized carbons (Fsp3) is 0.846. The summed E-state index contributed by atoms with van der Waals surface area (Å²) >= 11 is 0. The van der Waals surface area contributed by atoms with E-state index < -0.39 is 0 Å². The van der Waals surface area contributed by atoms with Gasteiger partial charge >= 0.3 is 0 Å². The first-order valence-electron chi connectivity index (χ1n) is 5.95. The summed E-state index contributed by atoms with van der Waals surface area (Å²) in [6, 6.07) is 0. The lowest BCUT2D eigenvalue weighted by Crippen LogP contribution is -2.36. The first-order valence-corrected chi connectivity index (χ1v) is 5.95. The van der Waals surface area contributed by atoms with Crippen LogP contribution in [0.25, 0.3) is 0 Å². The summed E-state index contributed by atoms with van der Waals surface area (Å²) in [5.74, 6) is 6.36. The van der Waals surface area contributed by atoms with Gasteiger partial charge in [0.2, 0.25) is 0 Å². The van der Waals surface area contributed by atoms with Crippen molar-refractivity contribution < 1.29 is 5.11 Å². The van der Waals surface area contributed by atoms with Gasteiger partial charge < -0.3 is 5.11 Å². The van der Waals surface area contributed by atoms with Gasteiger partial charge in [0.15, 0.2) is 0 Å². The zero-order chi connectivity index (χ0) is 10.3. The van der Waals surface area contributed by atoms with Crippen LogP contribution >= 0.6 is 0 Å². The number of rotatable bonds is 5. The molecule has 0 spiro atoms. The zero-order valence-electron chi connectivity index (χ0n) is 9.31. The third-order valence-electron chi connectivity index (χ3n) is 3.01. The molecule has 0 bridgehead atoms. The van der Waals surface area contributed by atoms with Crippen molar-refractivity contribution in [3.63, 3.8) is 0 Å². The first-order chi connectivity index (χ1) is 6.77. The van der Waals surface area contributed by atoms with Crippen LogP contribution in [0.3, 0.4) is 0 Å². The zero-order valence-corrected chi connectivity index (χ0v) is 9.31. The summed E-state index contributed by atoms with van der Waals surface area (Å²) < 4.78 is 0. The highest BCUT2D eigenvalue weighted by Gasteiger charge is 2.33. The fourth-order valence-corrected chi connectivity index (χ4v) is 1.78. The average Bonchev–Trinajstić information content (AvgIpc) is 2.14. The molecule has 1 rings (SSSR count). The van der Waals surface area contributed by atoms with Gasteiger partial charge in [-0.2, -0.15) is 0 Å². The summed E-state index contributed by atoms with van der Waals surface area (Å²) in [6.45, 7) is 2.19. The van der Waals surface area contributed by atoms with Gasteiger partial charge in [0.1, 0.15) is 0 Å².